The molecule has 3 rings (SSSR count). The predicted molar refractivity (Wildman–Crippen MR) is 155 cm³/mol. The second-order valence-corrected chi connectivity index (χ2v) is 9.82. The zero-order valence-corrected chi connectivity index (χ0v) is 22.7. The third-order valence-corrected chi connectivity index (χ3v) is 7.39. The van der Waals surface area contributed by atoms with E-state index in [-0.39, 0.29) is 0 Å². The van der Waals surface area contributed by atoms with Gasteiger partial charge in [0.05, 0.1) is 0 Å². The summed E-state index contributed by atoms with van der Waals surface area (Å²) in [6.45, 7) is 19.1. The molecule has 0 N–H and O–H groups in total. The number of thioether (sulfide) groups is 1. The van der Waals surface area contributed by atoms with E-state index in [1.165, 1.54) is 38.3 Å². The Balaban J connectivity index is 0.00000199. The van der Waals surface area contributed by atoms with Crippen molar-refractivity contribution in [2.75, 3.05) is 5.75 Å². The van der Waals surface area contributed by atoms with Gasteiger partial charge in [0.15, 0.2) is 0 Å². The van der Waals surface area contributed by atoms with E-state index in [0.717, 1.165) is 37.0 Å². The van der Waals surface area contributed by atoms with Crippen molar-refractivity contribution in [3.8, 4) is 0 Å². The van der Waals surface area contributed by atoms with Crippen LogP contribution in [0.2, 0.25) is 0 Å². The van der Waals surface area contributed by atoms with Crippen LogP contribution in [0, 0.1) is 12.8 Å². The summed E-state index contributed by atoms with van der Waals surface area (Å²) in [4.78, 5) is 1.37. The number of rotatable bonds is 11. The van der Waals surface area contributed by atoms with Crippen LogP contribution >= 0.6 is 11.8 Å². The van der Waals surface area contributed by atoms with Gasteiger partial charge >= 0.3 is 0 Å². The second kappa shape index (κ2) is 14.7. The largest absolute Gasteiger partial charge is 0.126 e. The smallest absolute Gasteiger partial charge is 0.00748 e. The monoisotopic (exact) mass is 470 g/mol. The molecule has 0 spiro atoms. The van der Waals surface area contributed by atoms with Crippen LogP contribution in [0.4, 0.5) is 0 Å². The fraction of sp³-hybridized carbons (Fsp3) is 0.333. The van der Waals surface area contributed by atoms with Gasteiger partial charge in [0.1, 0.15) is 0 Å². The molecule has 34 heavy (non-hydrogen) atoms. The van der Waals surface area contributed by atoms with Gasteiger partial charge in [-0.3, -0.25) is 0 Å². The first-order valence-electron chi connectivity index (χ1n) is 12.7. The molecule has 0 amide bonds. The van der Waals surface area contributed by atoms with Crippen LogP contribution in [0.25, 0.3) is 5.57 Å². The van der Waals surface area contributed by atoms with E-state index in [4.69, 9.17) is 0 Å². The SMILES string of the molecule is C=CCCc1ccc(SCC(C)Cc2ccc(CC)cc2C(=C)c2ccccc2)cc1C.CC. The van der Waals surface area contributed by atoms with Crippen molar-refractivity contribution in [1.29, 1.82) is 0 Å². The molecule has 0 saturated carbocycles. The standard InChI is InChI=1S/C31H36S.C2H6/c1-6-8-12-27-17-18-30(20-24(27)4)32-22-23(3)19-29-16-15-26(7-2)21-31(29)25(5)28-13-10-9-11-14-28;1-2/h6,9-11,13-18,20-21,23H,1,5,7-8,12,19,22H2,2-4H3;1-2H3. The van der Waals surface area contributed by atoms with Gasteiger partial charge in [-0.15, -0.1) is 18.3 Å². The minimum absolute atomic E-state index is 0.579. The molecule has 0 heterocycles. The highest BCUT2D eigenvalue weighted by Crippen LogP contribution is 2.30. The number of allylic oxidation sites excluding steroid dienone is 1. The van der Waals surface area contributed by atoms with Gasteiger partial charge in [-0.2, -0.15) is 0 Å². The molecule has 0 aromatic heterocycles. The molecule has 0 radical (unpaired) electrons. The van der Waals surface area contributed by atoms with Crippen molar-refractivity contribution in [2.24, 2.45) is 5.92 Å². The van der Waals surface area contributed by atoms with Crippen LogP contribution in [0.5, 0.6) is 0 Å². The average molecular weight is 471 g/mol. The fourth-order valence-corrected chi connectivity index (χ4v) is 5.09. The average Bonchev–Trinajstić information content (AvgIpc) is 2.88. The first-order chi connectivity index (χ1) is 16.5. The number of hydrogen-bond donors (Lipinski definition) is 0. The summed E-state index contributed by atoms with van der Waals surface area (Å²) in [5.41, 5.74) is 9.23. The van der Waals surface area contributed by atoms with E-state index >= 15 is 0 Å². The summed E-state index contributed by atoms with van der Waals surface area (Å²) >= 11 is 1.97. The minimum atomic E-state index is 0.579. The predicted octanol–water partition coefficient (Wildman–Crippen LogP) is 9.73. The molecule has 1 atom stereocenters. The van der Waals surface area contributed by atoms with Crippen LogP contribution in [0.3, 0.4) is 0 Å². The van der Waals surface area contributed by atoms with Crippen molar-refractivity contribution >= 4 is 17.3 Å². The topological polar surface area (TPSA) is 0 Å². The lowest BCUT2D eigenvalue weighted by Gasteiger charge is -2.18. The van der Waals surface area contributed by atoms with Gasteiger partial charge in [0, 0.05) is 10.6 Å². The molecule has 0 nitrogen and oxygen atoms in total. The summed E-state index contributed by atoms with van der Waals surface area (Å²) in [5, 5.41) is 0. The third kappa shape index (κ3) is 8.06. The Morgan fingerprint density at radius 2 is 1.68 bits per heavy atom. The Hall–Kier alpha value is -2.51. The highest BCUT2D eigenvalue weighted by Gasteiger charge is 2.13. The molecule has 1 heteroatoms. The molecule has 0 fully saturated rings. The van der Waals surface area contributed by atoms with Gasteiger partial charge in [-0.05, 0) is 89.6 Å². The highest BCUT2D eigenvalue weighted by molar-refractivity contribution is 7.99. The van der Waals surface area contributed by atoms with Crippen molar-refractivity contribution in [3.63, 3.8) is 0 Å². The molecule has 0 saturated heterocycles. The van der Waals surface area contributed by atoms with E-state index in [2.05, 4.69) is 101 Å². The second-order valence-electron chi connectivity index (χ2n) is 8.73. The summed E-state index contributed by atoms with van der Waals surface area (Å²) < 4.78 is 0. The van der Waals surface area contributed by atoms with E-state index in [1.54, 1.807) is 0 Å². The maximum atomic E-state index is 4.46. The lowest BCUT2D eigenvalue weighted by atomic mass is 9.89. The summed E-state index contributed by atoms with van der Waals surface area (Å²) in [5.74, 6) is 1.69. The molecule has 0 aliphatic heterocycles. The maximum absolute atomic E-state index is 4.46. The molecule has 0 aliphatic carbocycles. The highest BCUT2D eigenvalue weighted by atomic mass is 32.2. The fourth-order valence-electron chi connectivity index (χ4n) is 4.07. The molecule has 3 aromatic carbocycles. The molecule has 1 unspecified atom stereocenters. The first kappa shape index (κ1) is 27.7. The van der Waals surface area contributed by atoms with Crippen molar-refractivity contribution in [2.45, 2.75) is 65.2 Å². The summed E-state index contributed by atoms with van der Waals surface area (Å²) in [6, 6.07) is 24.4. The Bertz CT molecular complexity index is 1050. The maximum Gasteiger partial charge on any atom is 0.00748 e. The third-order valence-electron chi connectivity index (χ3n) is 6.06. The molecule has 0 bridgehead atoms. The summed E-state index contributed by atoms with van der Waals surface area (Å²) in [7, 11) is 0. The van der Waals surface area contributed by atoms with Crippen molar-refractivity contribution in [3.05, 3.63) is 119 Å². The van der Waals surface area contributed by atoms with E-state index in [9.17, 15) is 0 Å². The quantitative estimate of drug-likeness (QED) is 0.198. The normalized spacial score (nSPS) is 11.3. The molecular formula is C33H42S. The Labute approximate surface area is 213 Å². The van der Waals surface area contributed by atoms with Gasteiger partial charge in [0.25, 0.3) is 0 Å². The molecule has 3 aromatic rings. The number of hydrogen-bond acceptors (Lipinski definition) is 1. The van der Waals surface area contributed by atoms with Crippen LogP contribution in [0.15, 0.2) is 90.9 Å². The van der Waals surface area contributed by atoms with E-state index in [0.29, 0.717) is 5.92 Å². The van der Waals surface area contributed by atoms with Gasteiger partial charge in [0.2, 0.25) is 0 Å². The van der Waals surface area contributed by atoms with Crippen LogP contribution in [0.1, 0.15) is 67.5 Å². The molecular weight excluding hydrogens is 428 g/mol. The van der Waals surface area contributed by atoms with Crippen molar-refractivity contribution < 1.29 is 0 Å². The van der Waals surface area contributed by atoms with Crippen LogP contribution < -0.4 is 0 Å². The summed E-state index contributed by atoms with van der Waals surface area (Å²) in [6.07, 6.45) is 6.23. The zero-order chi connectivity index (χ0) is 24.9. The minimum Gasteiger partial charge on any atom is -0.126 e. The van der Waals surface area contributed by atoms with E-state index in [1.807, 2.05) is 31.7 Å². The lowest BCUT2D eigenvalue weighted by Crippen LogP contribution is -2.06. The number of aryl methyl sites for hydroxylation is 3. The molecule has 180 valence electrons. The Morgan fingerprint density at radius 3 is 2.32 bits per heavy atom. The number of benzene rings is 3. The lowest BCUT2D eigenvalue weighted by molar-refractivity contribution is 0.657. The van der Waals surface area contributed by atoms with Crippen LogP contribution in [-0.4, -0.2) is 5.75 Å². The Morgan fingerprint density at radius 1 is 0.971 bits per heavy atom. The van der Waals surface area contributed by atoms with Gasteiger partial charge in [-0.1, -0.05) is 94.9 Å². The van der Waals surface area contributed by atoms with E-state index < -0.39 is 0 Å². The first-order valence-corrected chi connectivity index (χ1v) is 13.7. The van der Waals surface area contributed by atoms with Gasteiger partial charge < -0.3 is 0 Å². The zero-order valence-electron chi connectivity index (χ0n) is 21.9. The molecule has 0 aliphatic rings. The van der Waals surface area contributed by atoms with Crippen LogP contribution in [-0.2, 0) is 19.3 Å². The van der Waals surface area contributed by atoms with Crippen molar-refractivity contribution in [1.82, 2.24) is 0 Å². The van der Waals surface area contributed by atoms with Gasteiger partial charge in [-0.25, -0.2) is 0 Å². The Kier molecular flexibility index (Phi) is 12.0.